The molecule has 0 rings (SSSR count). The van der Waals surface area contributed by atoms with Crippen LogP contribution in [0.3, 0.4) is 0 Å². The first-order valence-electron chi connectivity index (χ1n) is 3.71. The number of nitrogens with one attached hydrogen (secondary N) is 1. The Morgan fingerprint density at radius 1 is 1.53 bits per heavy atom. The van der Waals surface area contributed by atoms with Crippen LogP contribution in [0.25, 0.3) is 0 Å². The van der Waals surface area contributed by atoms with Crippen molar-refractivity contribution in [1.29, 1.82) is 0 Å². The molecule has 0 saturated heterocycles. The number of carbonyl (C=O) groups is 1. The molecule has 0 aliphatic carbocycles. The van der Waals surface area contributed by atoms with Crippen molar-refractivity contribution in [2.24, 2.45) is 0 Å². The summed E-state index contributed by atoms with van der Waals surface area (Å²) in [6.07, 6.45) is 0.714. The van der Waals surface area contributed by atoms with Gasteiger partial charge in [-0.15, -0.1) is 0 Å². The molecule has 0 aliphatic heterocycles. The molecule has 0 aromatic rings. The molecule has 15 heavy (non-hydrogen) atoms. The minimum Gasteiger partial charge on any atom is -0.375 e. The molecule has 0 aromatic heterocycles. The van der Waals surface area contributed by atoms with Crippen molar-refractivity contribution in [1.82, 2.24) is 5.32 Å². The van der Waals surface area contributed by atoms with Gasteiger partial charge in [0.25, 0.3) is 5.91 Å². The van der Waals surface area contributed by atoms with Gasteiger partial charge in [0.2, 0.25) is 0 Å². The zero-order valence-electron chi connectivity index (χ0n) is 7.65. The summed E-state index contributed by atoms with van der Waals surface area (Å²) in [5, 5.41) is 11.0. The molecule has 0 radical (unpaired) electrons. The van der Waals surface area contributed by atoms with Crippen molar-refractivity contribution in [3.63, 3.8) is 0 Å². The van der Waals surface area contributed by atoms with Gasteiger partial charge in [0, 0.05) is 6.26 Å². The maximum Gasteiger partial charge on any atom is 0.253 e. The van der Waals surface area contributed by atoms with Crippen LogP contribution in [-0.4, -0.2) is 48.7 Å². The molecule has 0 aliphatic rings. The molecule has 0 heterocycles. The number of aliphatic hydroxyl groups excluding tert-OH is 1. The predicted octanol–water partition coefficient (Wildman–Crippen LogP) is -0.393. The van der Waals surface area contributed by atoms with Gasteiger partial charge in [0.1, 0.15) is 6.67 Å². The Labute approximate surface area is 96.5 Å². The molecular formula is C6H10Cl2FNO4S. The van der Waals surface area contributed by atoms with Gasteiger partial charge in [0.15, 0.2) is 20.1 Å². The lowest BCUT2D eigenvalue weighted by molar-refractivity contribution is -0.120. The molecule has 0 aromatic carbocycles. The highest BCUT2D eigenvalue weighted by Crippen LogP contribution is 2.06. The van der Waals surface area contributed by atoms with E-state index in [1.165, 1.54) is 0 Å². The Balaban J connectivity index is 4.58. The molecule has 2 atom stereocenters. The van der Waals surface area contributed by atoms with Crippen LogP contribution in [-0.2, 0) is 14.6 Å². The third-order valence-corrected chi connectivity index (χ3v) is 3.08. The topological polar surface area (TPSA) is 83.5 Å². The highest BCUT2D eigenvalue weighted by Gasteiger charge is 2.30. The smallest absolute Gasteiger partial charge is 0.253 e. The number of alkyl halides is 3. The van der Waals surface area contributed by atoms with Gasteiger partial charge in [-0.1, -0.05) is 23.2 Å². The van der Waals surface area contributed by atoms with E-state index in [0.29, 0.717) is 6.26 Å². The average molecular weight is 282 g/mol. The molecule has 1 amide bonds. The number of amides is 1. The van der Waals surface area contributed by atoms with E-state index < -0.39 is 38.7 Å². The maximum absolute atomic E-state index is 12.3. The molecule has 90 valence electrons. The third kappa shape index (κ3) is 4.96. The highest BCUT2D eigenvalue weighted by molar-refractivity contribution is 7.91. The minimum atomic E-state index is -3.87. The fourth-order valence-electron chi connectivity index (χ4n) is 0.730. The van der Waals surface area contributed by atoms with E-state index in [1.54, 1.807) is 0 Å². The Morgan fingerprint density at radius 3 is 2.27 bits per heavy atom. The van der Waals surface area contributed by atoms with Gasteiger partial charge in [-0.3, -0.25) is 4.79 Å². The van der Waals surface area contributed by atoms with Crippen LogP contribution in [0.4, 0.5) is 4.39 Å². The summed E-state index contributed by atoms with van der Waals surface area (Å²) in [5.74, 6) is -0.969. The third-order valence-electron chi connectivity index (χ3n) is 1.47. The average Bonchev–Trinajstić information content (AvgIpc) is 2.10. The molecule has 9 heteroatoms. The molecular weight excluding hydrogens is 272 g/mol. The van der Waals surface area contributed by atoms with Crippen LogP contribution in [0.5, 0.6) is 0 Å². The van der Waals surface area contributed by atoms with Crippen molar-refractivity contribution in [2.75, 3.05) is 12.9 Å². The van der Waals surface area contributed by atoms with Gasteiger partial charge in [-0.25, -0.2) is 12.8 Å². The first kappa shape index (κ1) is 14.9. The fourth-order valence-corrected chi connectivity index (χ4v) is 1.59. The molecule has 0 bridgehead atoms. The second-order valence-corrected chi connectivity index (χ2v) is 6.03. The summed E-state index contributed by atoms with van der Waals surface area (Å²) in [6, 6.07) is -1.58. The van der Waals surface area contributed by atoms with Crippen molar-refractivity contribution in [2.45, 2.75) is 16.3 Å². The van der Waals surface area contributed by atoms with E-state index in [9.17, 15) is 17.6 Å². The monoisotopic (exact) mass is 281 g/mol. The van der Waals surface area contributed by atoms with Gasteiger partial charge in [0.05, 0.1) is 6.04 Å². The Kier molecular flexibility index (Phi) is 5.79. The van der Waals surface area contributed by atoms with Crippen LogP contribution < -0.4 is 5.32 Å². The van der Waals surface area contributed by atoms with Crippen molar-refractivity contribution in [3.8, 4) is 0 Å². The van der Waals surface area contributed by atoms with E-state index >= 15 is 0 Å². The Morgan fingerprint density at radius 2 is 2.00 bits per heavy atom. The number of aliphatic hydroxyl groups is 1. The first-order chi connectivity index (χ1) is 6.70. The summed E-state index contributed by atoms with van der Waals surface area (Å²) < 4.78 is 34.0. The summed E-state index contributed by atoms with van der Waals surface area (Å²) in [6.45, 7) is -1.25. The van der Waals surface area contributed by atoms with Crippen LogP contribution in [0.15, 0.2) is 0 Å². The zero-order chi connectivity index (χ0) is 12.2. The molecule has 0 saturated carbocycles. The van der Waals surface area contributed by atoms with Crippen LogP contribution in [0.1, 0.15) is 0 Å². The fraction of sp³-hybridized carbons (Fsp3) is 0.833. The lowest BCUT2D eigenvalue weighted by Crippen LogP contribution is -2.49. The lowest BCUT2D eigenvalue weighted by Gasteiger charge is -2.20. The van der Waals surface area contributed by atoms with Crippen LogP contribution in [0, 0.1) is 0 Å². The molecule has 2 N–H and O–H groups in total. The molecule has 0 fully saturated rings. The van der Waals surface area contributed by atoms with E-state index in [1.807, 2.05) is 5.32 Å². The number of sulfone groups is 1. The summed E-state index contributed by atoms with van der Waals surface area (Å²) in [4.78, 5) is 9.44. The maximum atomic E-state index is 12.3. The number of halogens is 3. The van der Waals surface area contributed by atoms with Crippen molar-refractivity contribution >= 4 is 38.9 Å². The number of rotatable bonds is 5. The second kappa shape index (κ2) is 5.83. The van der Waals surface area contributed by atoms with Gasteiger partial charge in [-0.05, 0) is 0 Å². The summed E-state index contributed by atoms with van der Waals surface area (Å²) in [5.41, 5.74) is -2.03. The largest absolute Gasteiger partial charge is 0.375 e. The van der Waals surface area contributed by atoms with Gasteiger partial charge >= 0.3 is 0 Å². The highest BCUT2D eigenvalue weighted by atomic mass is 35.5. The van der Waals surface area contributed by atoms with E-state index in [4.69, 9.17) is 28.3 Å². The quantitative estimate of drug-likeness (QED) is 0.673. The lowest BCUT2D eigenvalue weighted by atomic mass is 10.3. The molecule has 0 unspecified atom stereocenters. The first-order valence-corrected chi connectivity index (χ1v) is 6.54. The second-order valence-electron chi connectivity index (χ2n) is 2.79. The number of carbonyl (C=O) groups excluding carboxylic acids is 1. The SMILES string of the molecule is CS(=O)(=O)[C@@H](O)[C@H](CF)NC(=O)C(Cl)Cl. The number of hydrogen-bond acceptors (Lipinski definition) is 4. The normalized spacial score (nSPS) is 16.1. The zero-order valence-corrected chi connectivity index (χ0v) is 9.98. The summed E-state index contributed by atoms with van der Waals surface area (Å²) in [7, 11) is -3.87. The minimum absolute atomic E-state index is 0.714. The Bertz CT molecular complexity index is 321. The Hall–Kier alpha value is -0.110. The van der Waals surface area contributed by atoms with Gasteiger partial charge in [-0.2, -0.15) is 0 Å². The number of hydrogen-bond donors (Lipinski definition) is 2. The summed E-state index contributed by atoms with van der Waals surface area (Å²) >= 11 is 10.3. The van der Waals surface area contributed by atoms with Crippen LogP contribution in [0.2, 0.25) is 0 Å². The van der Waals surface area contributed by atoms with Crippen LogP contribution >= 0.6 is 23.2 Å². The van der Waals surface area contributed by atoms with Crippen molar-refractivity contribution < 1.29 is 22.7 Å². The molecule has 5 nitrogen and oxygen atoms in total. The van der Waals surface area contributed by atoms with E-state index in [2.05, 4.69) is 0 Å². The van der Waals surface area contributed by atoms with E-state index in [0.717, 1.165) is 0 Å². The molecule has 0 spiro atoms. The predicted molar refractivity (Wildman–Crippen MR) is 54.3 cm³/mol. The van der Waals surface area contributed by atoms with E-state index in [-0.39, 0.29) is 0 Å². The standard InChI is InChI=1S/C6H10Cl2FNO4S/c1-15(13,14)6(12)3(2-9)10-5(11)4(7)8/h3-4,6,12H,2H2,1H3,(H,10,11)/t3-,6+/m0/s1. The van der Waals surface area contributed by atoms with Crippen molar-refractivity contribution in [3.05, 3.63) is 0 Å². The van der Waals surface area contributed by atoms with Gasteiger partial charge < -0.3 is 10.4 Å².